The summed E-state index contributed by atoms with van der Waals surface area (Å²) in [6, 6.07) is 12.7. The number of anilines is 1. The van der Waals surface area contributed by atoms with Crippen molar-refractivity contribution < 1.29 is 8.42 Å². The van der Waals surface area contributed by atoms with Gasteiger partial charge in [0.05, 0.1) is 10.6 Å². The van der Waals surface area contributed by atoms with Gasteiger partial charge in [-0.1, -0.05) is 35.4 Å². The molecule has 0 radical (unpaired) electrons. The first-order valence-corrected chi connectivity index (χ1v) is 7.89. The van der Waals surface area contributed by atoms with E-state index >= 15 is 0 Å². The van der Waals surface area contributed by atoms with Crippen LogP contribution in [0.2, 0.25) is 0 Å². The minimum atomic E-state index is -3.51. The maximum absolute atomic E-state index is 12.6. The second-order valence-corrected chi connectivity index (χ2v) is 7.04. The van der Waals surface area contributed by atoms with Gasteiger partial charge in [0, 0.05) is 7.05 Å². The number of rotatable bonds is 3. The molecule has 4 heteroatoms. The summed E-state index contributed by atoms with van der Waals surface area (Å²) in [5, 5.41) is 0. The molecule has 0 spiro atoms. The quantitative estimate of drug-likeness (QED) is 0.868. The van der Waals surface area contributed by atoms with Gasteiger partial charge in [-0.3, -0.25) is 4.31 Å². The maximum Gasteiger partial charge on any atom is 0.264 e. The Morgan fingerprint density at radius 1 is 0.850 bits per heavy atom. The van der Waals surface area contributed by atoms with Gasteiger partial charge in [-0.05, 0) is 44.5 Å². The summed E-state index contributed by atoms with van der Waals surface area (Å²) in [5.41, 5.74) is 3.81. The van der Waals surface area contributed by atoms with Gasteiger partial charge in [0.2, 0.25) is 0 Å². The summed E-state index contributed by atoms with van der Waals surface area (Å²) in [6.45, 7) is 5.85. The fourth-order valence-corrected chi connectivity index (χ4v) is 3.42. The van der Waals surface area contributed by atoms with Crippen molar-refractivity contribution in [2.75, 3.05) is 11.4 Å². The SMILES string of the molecule is Cc1ccc(S(=O)(=O)N(C)c2ccc(C)cc2C)cc1. The number of nitrogens with zero attached hydrogens (tertiary/aromatic N) is 1. The topological polar surface area (TPSA) is 37.4 Å². The van der Waals surface area contributed by atoms with Gasteiger partial charge in [-0.15, -0.1) is 0 Å². The lowest BCUT2D eigenvalue weighted by atomic mass is 10.1. The predicted octanol–water partition coefficient (Wildman–Crippen LogP) is 3.44. The molecule has 0 amide bonds. The van der Waals surface area contributed by atoms with Gasteiger partial charge in [0.1, 0.15) is 0 Å². The van der Waals surface area contributed by atoms with Gasteiger partial charge < -0.3 is 0 Å². The van der Waals surface area contributed by atoms with E-state index in [9.17, 15) is 8.42 Å². The molecule has 0 aliphatic heterocycles. The van der Waals surface area contributed by atoms with E-state index in [0.717, 1.165) is 16.7 Å². The number of hydrogen-bond acceptors (Lipinski definition) is 2. The summed E-state index contributed by atoms with van der Waals surface area (Å²) < 4.78 is 26.6. The molecule has 2 aromatic carbocycles. The molecule has 0 atom stereocenters. The van der Waals surface area contributed by atoms with Gasteiger partial charge in [0.15, 0.2) is 0 Å². The predicted molar refractivity (Wildman–Crippen MR) is 82.7 cm³/mol. The maximum atomic E-state index is 12.6. The van der Waals surface area contributed by atoms with Crippen molar-refractivity contribution in [1.82, 2.24) is 0 Å². The molecule has 0 bridgehead atoms. The van der Waals surface area contributed by atoms with E-state index in [4.69, 9.17) is 0 Å². The third kappa shape index (κ3) is 2.70. The monoisotopic (exact) mass is 289 g/mol. The fourth-order valence-electron chi connectivity index (χ4n) is 2.16. The van der Waals surface area contributed by atoms with Gasteiger partial charge >= 0.3 is 0 Å². The van der Waals surface area contributed by atoms with Crippen LogP contribution in [0, 0.1) is 20.8 Å². The molecule has 0 N–H and O–H groups in total. The lowest BCUT2D eigenvalue weighted by Crippen LogP contribution is -2.27. The van der Waals surface area contributed by atoms with Crippen LogP contribution in [0.15, 0.2) is 47.4 Å². The Morgan fingerprint density at radius 3 is 1.95 bits per heavy atom. The molecule has 0 saturated carbocycles. The van der Waals surface area contributed by atoms with Crippen LogP contribution >= 0.6 is 0 Å². The first-order chi connectivity index (χ1) is 9.32. The van der Waals surface area contributed by atoms with E-state index < -0.39 is 10.0 Å². The molecule has 3 nitrogen and oxygen atoms in total. The van der Waals surface area contributed by atoms with Gasteiger partial charge in [-0.2, -0.15) is 0 Å². The molecule has 0 heterocycles. The molecule has 0 aliphatic rings. The molecule has 2 rings (SSSR count). The molecule has 2 aromatic rings. The Balaban J connectivity index is 2.45. The molecule has 0 aromatic heterocycles. The van der Waals surface area contributed by atoms with Crippen LogP contribution in [-0.4, -0.2) is 15.5 Å². The first kappa shape index (κ1) is 14.6. The van der Waals surface area contributed by atoms with E-state index in [1.165, 1.54) is 4.31 Å². The Morgan fingerprint density at radius 2 is 1.40 bits per heavy atom. The molecular formula is C16H19NO2S. The van der Waals surface area contributed by atoms with E-state index in [1.807, 2.05) is 51.1 Å². The normalized spacial score (nSPS) is 11.4. The third-order valence-electron chi connectivity index (χ3n) is 3.37. The fraction of sp³-hybridized carbons (Fsp3) is 0.250. The van der Waals surface area contributed by atoms with E-state index in [-0.39, 0.29) is 0 Å². The van der Waals surface area contributed by atoms with Gasteiger partial charge in [0.25, 0.3) is 10.0 Å². The minimum absolute atomic E-state index is 0.311. The largest absolute Gasteiger partial charge is 0.269 e. The van der Waals surface area contributed by atoms with E-state index in [0.29, 0.717) is 10.6 Å². The lowest BCUT2D eigenvalue weighted by Gasteiger charge is -2.21. The standard InChI is InChI=1S/C16H19NO2S/c1-12-5-8-15(9-6-12)20(18,19)17(4)16-10-7-13(2)11-14(16)3/h5-11H,1-4H3. The molecule has 0 saturated heterocycles. The third-order valence-corrected chi connectivity index (χ3v) is 5.16. The highest BCUT2D eigenvalue weighted by Crippen LogP contribution is 2.26. The second-order valence-electron chi connectivity index (χ2n) is 5.08. The Kier molecular flexibility index (Phi) is 3.86. The summed E-state index contributed by atoms with van der Waals surface area (Å²) in [6.07, 6.45) is 0. The summed E-state index contributed by atoms with van der Waals surface area (Å²) in [4.78, 5) is 0.311. The lowest BCUT2D eigenvalue weighted by molar-refractivity contribution is 0.594. The first-order valence-electron chi connectivity index (χ1n) is 6.45. The van der Waals surface area contributed by atoms with Crippen LogP contribution in [0.3, 0.4) is 0 Å². The highest BCUT2D eigenvalue weighted by molar-refractivity contribution is 7.92. The Hall–Kier alpha value is -1.81. The minimum Gasteiger partial charge on any atom is -0.269 e. The second kappa shape index (κ2) is 5.29. The van der Waals surface area contributed by atoms with E-state index in [2.05, 4.69) is 0 Å². The average molecular weight is 289 g/mol. The molecule has 106 valence electrons. The van der Waals surface area contributed by atoms with Crippen molar-refractivity contribution in [2.24, 2.45) is 0 Å². The Labute approximate surface area is 120 Å². The van der Waals surface area contributed by atoms with Crippen LogP contribution in [0.4, 0.5) is 5.69 Å². The number of aryl methyl sites for hydroxylation is 3. The van der Waals surface area contributed by atoms with Crippen molar-refractivity contribution in [3.05, 3.63) is 59.2 Å². The average Bonchev–Trinajstić information content (AvgIpc) is 2.38. The van der Waals surface area contributed by atoms with Crippen LogP contribution in [0.1, 0.15) is 16.7 Å². The molecular weight excluding hydrogens is 270 g/mol. The highest BCUT2D eigenvalue weighted by Gasteiger charge is 2.22. The van der Waals surface area contributed by atoms with Crippen molar-refractivity contribution in [3.63, 3.8) is 0 Å². The molecule has 0 aliphatic carbocycles. The van der Waals surface area contributed by atoms with Gasteiger partial charge in [-0.25, -0.2) is 8.42 Å². The number of sulfonamides is 1. The van der Waals surface area contributed by atoms with Crippen LogP contribution in [-0.2, 0) is 10.0 Å². The molecule has 0 fully saturated rings. The van der Waals surface area contributed by atoms with Crippen molar-refractivity contribution in [2.45, 2.75) is 25.7 Å². The van der Waals surface area contributed by atoms with Crippen LogP contribution < -0.4 is 4.31 Å². The summed E-state index contributed by atoms with van der Waals surface area (Å²) in [7, 11) is -1.92. The zero-order valence-corrected chi connectivity index (χ0v) is 13.0. The molecule has 20 heavy (non-hydrogen) atoms. The van der Waals surface area contributed by atoms with Crippen molar-refractivity contribution >= 4 is 15.7 Å². The highest BCUT2D eigenvalue weighted by atomic mass is 32.2. The van der Waals surface area contributed by atoms with Crippen LogP contribution in [0.5, 0.6) is 0 Å². The van der Waals surface area contributed by atoms with Crippen molar-refractivity contribution in [1.29, 1.82) is 0 Å². The zero-order chi connectivity index (χ0) is 14.9. The number of hydrogen-bond donors (Lipinski definition) is 0. The zero-order valence-electron chi connectivity index (χ0n) is 12.2. The van der Waals surface area contributed by atoms with Crippen molar-refractivity contribution in [3.8, 4) is 0 Å². The number of benzene rings is 2. The smallest absolute Gasteiger partial charge is 0.264 e. The summed E-state index contributed by atoms with van der Waals surface area (Å²) in [5.74, 6) is 0. The van der Waals surface area contributed by atoms with Crippen LogP contribution in [0.25, 0.3) is 0 Å². The molecule has 0 unspecified atom stereocenters. The van der Waals surface area contributed by atoms with E-state index in [1.54, 1.807) is 19.2 Å². The Bertz CT molecular complexity index is 719. The summed E-state index contributed by atoms with van der Waals surface area (Å²) >= 11 is 0.